The predicted octanol–water partition coefficient (Wildman–Crippen LogP) is 1.94. The van der Waals surface area contributed by atoms with Crippen molar-refractivity contribution in [3.8, 4) is 0 Å². The first kappa shape index (κ1) is 10.1. The molecule has 2 N–H and O–H groups in total. The fraction of sp³-hybridized carbons (Fsp3) is 1.00. The van der Waals surface area contributed by atoms with Crippen LogP contribution in [0.15, 0.2) is 0 Å². The molecule has 0 heterocycles. The normalized spacial score (nSPS) is 30.9. The third-order valence-electron chi connectivity index (χ3n) is 1.82. The molecule has 0 aromatic carbocycles. The minimum atomic E-state index is -2.59. The number of halogens is 3. The van der Waals surface area contributed by atoms with Crippen LogP contribution in [0.4, 0.5) is 8.78 Å². The van der Waals surface area contributed by atoms with Crippen molar-refractivity contribution in [2.45, 2.75) is 37.6 Å². The Morgan fingerprint density at radius 1 is 1.30 bits per heavy atom. The molecule has 0 aliphatic heterocycles. The highest BCUT2D eigenvalue weighted by atomic mass is 35.5. The van der Waals surface area contributed by atoms with Crippen LogP contribution in [0.2, 0.25) is 0 Å². The maximum Gasteiger partial charge on any atom is 0.262 e. The van der Waals surface area contributed by atoms with Gasteiger partial charge in [0, 0.05) is 6.42 Å². The summed E-state index contributed by atoms with van der Waals surface area (Å²) in [6, 6.07) is -0.883. The number of rotatable bonds is 0. The number of hydrogen-bond acceptors (Lipinski definition) is 1. The summed E-state index contributed by atoms with van der Waals surface area (Å²) in [5.41, 5.74) is 5.16. The van der Waals surface area contributed by atoms with Gasteiger partial charge in [-0.25, -0.2) is 8.78 Å². The SMILES string of the molecule is Cl.N[C@@H]1CCCCC1(F)F. The third kappa shape index (κ3) is 2.06. The molecule has 0 saturated heterocycles. The van der Waals surface area contributed by atoms with E-state index in [4.69, 9.17) is 5.73 Å². The van der Waals surface area contributed by atoms with Gasteiger partial charge in [0.05, 0.1) is 6.04 Å². The van der Waals surface area contributed by atoms with E-state index in [-0.39, 0.29) is 18.8 Å². The first-order chi connectivity index (χ1) is 4.13. The van der Waals surface area contributed by atoms with Crippen molar-refractivity contribution in [2.24, 2.45) is 5.73 Å². The van der Waals surface area contributed by atoms with Gasteiger partial charge in [0.2, 0.25) is 0 Å². The summed E-state index contributed by atoms with van der Waals surface area (Å²) in [5.74, 6) is -2.59. The summed E-state index contributed by atoms with van der Waals surface area (Å²) in [4.78, 5) is 0. The van der Waals surface area contributed by atoms with Crippen LogP contribution in [0.3, 0.4) is 0 Å². The lowest BCUT2D eigenvalue weighted by atomic mass is 9.92. The molecule has 1 atom stereocenters. The second kappa shape index (κ2) is 3.49. The standard InChI is InChI=1S/C6H11F2N.ClH/c7-6(8)4-2-1-3-5(6)9;/h5H,1-4,9H2;1H/t5-;/m1./s1. The molecule has 1 rings (SSSR count). The molecule has 0 spiro atoms. The molecule has 10 heavy (non-hydrogen) atoms. The van der Waals surface area contributed by atoms with Gasteiger partial charge in [0.1, 0.15) is 0 Å². The molecule has 0 bridgehead atoms. The first-order valence-corrected chi connectivity index (χ1v) is 3.26. The quantitative estimate of drug-likeness (QED) is 0.593. The van der Waals surface area contributed by atoms with Gasteiger partial charge in [-0.05, 0) is 12.8 Å². The van der Waals surface area contributed by atoms with Gasteiger partial charge in [-0.15, -0.1) is 12.4 Å². The molecule has 1 aliphatic carbocycles. The summed E-state index contributed by atoms with van der Waals surface area (Å²) in [6.45, 7) is 0. The Balaban J connectivity index is 0.000000810. The van der Waals surface area contributed by atoms with Gasteiger partial charge in [-0.3, -0.25) is 0 Å². The average molecular weight is 172 g/mol. The monoisotopic (exact) mass is 171 g/mol. The van der Waals surface area contributed by atoms with Crippen molar-refractivity contribution in [1.29, 1.82) is 0 Å². The predicted molar refractivity (Wildman–Crippen MR) is 38.6 cm³/mol. The number of hydrogen-bond donors (Lipinski definition) is 1. The van der Waals surface area contributed by atoms with Crippen LogP contribution in [-0.2, 0) is 0 Å². The largest absolute Gasteiger partial charge is 0.323 e. The molecule has 0 unspecified atom stereocenters. The van der Waals surface area contributed by atoms with Gasteiger partial charge < -0.3 is 5.73 Å². The Morgan fingerprint density at radius 2 is 1.90 bits per heavy atom. The smallest absolute Gasteiger partial charge is 0.262 e. The maximum atomic E-state index is 12.5. The second-order valence-corrected chi connectivity index (χ2v) is 2.61. The van der Waals surface area contributed by atoms with Crippen LogP contribution in [0.25, 0.3) is 0 Å². The van der Waals surface area contributed by atoms with E-state index in [0.717, 1.165) is 6.42 Å². The van der Waals surface area contributed by atoms with E-state index in [2.05, 4.69) is 0 Å². The molecular weight excluding hydrogens is 160 g/mol. The van der Waals surface area contributed by atoms with Crippen LogP contribution in [0.1, 0.15) is 25.7 Å². The van der Waals surface area contributed by atoms with Crippen molar-refractivity contribution in [1.82, 2.24) is 0 Å². The van der Waals surface area contributed by atoms with Gasteiger partial charge in [-0.2, -0.15) is 0 Å². The lowest BCUT2D eigenvalue weighted by Crippen LogP contribution is -2.43. The molecule has 1 fully saturated rings. The molecule has 0 amide bonds. The number of nitrogens with two attached hydrogens (primary N) is 1. The summed E-state index contributed by atoms with van der Waals surface area (Å²) in [6.07, 6.45) is 1.94. The topological polar surface area (TPSA) is 26.0 Å². The lowest BCUT2D eigenvalue weighted by molar-refractivity contribution is -0.0514. The van der Waals surface area contributed by atoms with Gasteiger partial charge >= 0.3 is 0 Å². The van der Waals surface area contributed by atoms with Crippen molar-refractivity contribution >= 4 is 12.4 Å². The molecule has 0 aromatic rings. The van der Waals surface area contributed by atoms with Gasteiger partial charge in [0.15, 0.2) is 0 Å². The van der Waals surface area contributed by atoms with Crippen molar-refractivity contribution in [3.05, 3.63) is 0 Å². The maximum absolute atomic E-state index is 12.5. The van der Waals surface area contributed by atoms with E-state index in [1.165, 1.54) is 0 Å². The summed E-state index contributed by atoms with van der Waals surface area (Å²) in [5, 5.41) is 0. The average Bonchev–Trinajstić information content (AvgIpc) is 1.77. The minimum absolute atomic E-state index is 0. The molecule has 1 aliphatic rings. The Hall–Kier alpha value is 0.110. The van der Waals surface area contributed by atoms with E-state index in [9.17, 15) is 8.78 Å². The minimum Gasteiger partial charge on any atom is -0.323 e. The highest BCUT2D eigenvalue weighted by Crippen LogP contribution is 2.31. The van der Waals surface area contributed by atoms with Crippen molar-refractivity contribution in [3.63, 3.8) is 0 Å². The van der Waals surface area contributed by atoms with Crippen LogP contribution >= 0.6 is 12.4 Å². The molecular formula is C6H12ClF2N. The molecule has 4 heteroatoms. The number of alkyl halides is 2. The third-order valence-corrected chi connectivity index (χ3v) is 1.82. The Kier molecular flexibility index (Phi) is 3.52. The molecule has 0 radical (unpaired) electrons. The summed E-state index contributed by atoms with van der Waals surface area (Å²) < 4.78 is 24.9. The van der Waals surface area contributed by atoms with Gasteiger partial charge in [0.25, 0.3) is 5.92 Å². The van der Waals surface area contributed by atoms with E-state index >= 15 is 0 Å². The van der Waals surface area contributed by atoms with E-state index < -0.39 is 12.0 Å². The zero-order valence-corrected chi connectivity index (χ0v) is 6.46. The van der Waals surface area contributed by atoms with Crippen LogP contribution in [-0.4, -0.2) is 12.0 Å². The van der Waals surface area contributed by atoms with Crippen LogP contribution in [0, 0.1) is 0 Å². The fourth-order valence-electron chi connectivity index (χ4n) is 1.12. The summed E-state index contributed by atoms with van der Waals surface area (Å²) >= 11 is 0. The zero-order valence-electron chi connectivity index (χ0n) is 5.65. The van der Waals surface area contributed by atoms with Crippen molar-refractivity contribution in [2.75, 3.05) is 0 Å². The molecule has 62 valence electrons. The Labute approximate surface area is 65.4 Å². The second-order valence-electron chi connectivity index (χ2n) is 2.61. The van der Waals surface area contributed by atoms with E-state index in [1.807, 2.05) is 0 Å². The highest BCUT2D eigenvalue weighted by Gasteiger charge is 2.38. The van der Waals surface area contributed by atoms with Gasteiger partial charge in [-0.1, -0.05) is 6.42 Å². The lowest BCUT2D eigenvalue weighted by Gasteiger charge is -2.27. The Morgan fingerprint density at radius 3 is 2.20 bits per heavy atom. The molecule has 0 aromatic heterocycles. The van der Waals surface area contributed by atoms with Crippen LogP contribution < -0.4 is 5.73 Å². The van der Waals surface area contributed by atoms with E-state index in [1.54, 1.807) is 0 Å². The van der Waals surface area contributed by atoms with E-state index in [0.29, 0.717) is 12.8 Å². The Bertz CT molecular complexity index is 108. The zero-order chi connectivity index (χ0) is 6.91. The highest BCUT2D eigenvalue weighted by molar-refractivity contribution is 5.85. The molecule has 1 nitrogen and oxygen atoms in total. The summed E-state index contributed by atoms with van der Waals surface area (Å²) in [7, 11) is 0. The molecule has 1 saturated carbocycles. The fourth-order valence-corrected chi connectivity index (χ4v) is 1.12. The van der Waals surface area contributed by atoms with Crippen molar-refractivity contribution < 1.29 is 8.78 Å². The first-order valence-electron chi connectivity index (χ1n) is 3.26. The van der Waals surface area contributed by atoms with Crippen LogP contribution in [0.5, 0.6) is 0 Å².